The Bertz CT molecular complexity index is 1330. The maximum Gasteiger partial charge on any atom is 0.255 e. The van der Waals surface area contributed by atoms with Crippen molar-refractivity contribution in [2.45, 2.75) is 29.2 Å². The molecule has 9 nitrogen and oxygen atoms in total. The molecule has 0 bridgehead atoms. The Hall–Kier alpha value is -2.99. The van der Waals surface area contributed by atoms with E-state index in [4.69, 9.17) is 4.42 Å². The maximum atomic E-state index is 12.7. The second-order valence-corrected chi connectivity index (χ2v) is 11.2. The monoisotopic (exact) mass is 489 g/mol. The minimum atomic E-state index is -3.78. The van der Waals surface area contributed by atoms with Crippen LogP contribution in [0.25, 0.3) is 0 Å². The Morgan fingerprint density at radius 3 is 2.30 bits per heavy atom. The van der Waals surface area contributed by atoms with Crippen molar-refractivity contribution in [3.8, 4) is 0 Å². The summed E-state index contributed by atoms with van der Waals surface area (Å²) in [6.45, 7) is 0.989. The van der Waals surface area contributed by atoms with E-state index in [-0.39, 0.29) is 21.9 Å². The van der Waals surface area contributed by atoms with Gasteiger partial charge in [-0.05, 0) is 67.4 Å². The second-order valence-electron chi connectivity index (χ2n) is 7.52. The van der Waals surface area contributed by atoms with Gasteiger partial charge in [0.05, 0.1) is 22.6 Å². The molecule has 174 valence electrons. The Morgan fingerprint density at radius 1 is 0.909 bits per heavy atom. The number of benzene rings is 2. The topological polar surface area (TPSA) is 126 Å². The van der Waals surface area contributed by atoms with Crippen molar-refractivity contribution >= 4 is 31.6 Å². The van der Waals surface area contributed by atoms with Crippen LogP contribution in [0.1, 0.15) is 29.0 Å². The molecule has 1 saturated heterocycles. The summed E-state index contributed by atoms with van der Waals surface area (Å²) >= 11 is 0. The lowest BCUT2D eigenvalue weighted by atomic mass is 10.2. The Kier molecular flexibility index (Phi) is 6.66. The van der Waals surface area contributed by atoms with Crippen LogP contribution < -0.4 is 10.0 Å². The number of sulfonamides is 2. The molecule has 1 aromatic heterocycles. The van der Waals surface area contributed by atoms with Crippen LogP contribution in [0.3, 0.4) is 0 Å². The minimum Gasteiger partial charge on any atom is -0.468 e. The third kappa shape index (κ3) is 5.33. The molecule has 33 heavy (non-hydrogen) atoms. The van der Waals surface area contributed by atoms with E-state index in [9.17, 15) is 21.6 Å². The third-order valence-electron chi connectivity index (χ3n) is 5.24. The van der Waals surface area contributed by atoms with E-state index in [1.165, 1.54) is 47.0 Å². The summed E-state index contributed by atoms with van der Waals surface area (Å²) in [7, 11) is -7.38. The normalized spacial score (nSPS) is 14.9. The predicted octanol–water partition coefficient (Wildman–Crippen LogP) is 2.79. The Morgan fingerprint density at radius 2 is 1.64 bits per heavy atom. The average molecular weight is 490 g/mol. The molecule has 2 heterocycles. The molecular weight excluding hydrogens is 466 g/mol. The van der Waals surface area contributed by atoms with Crippen LogP contribution in [-0.4, -0.2) is 40.1 Å². The van der Waals surface area contributed by atoms with Crippen molar-refractivity contribution in [1.29, 1.82) is 0 Å². The third-order valence-corrected chi connectivity index (χ3v) is 8.55. The van der Waals surface area contributed by atoms with E-state index < -0.39 is 26.0 Å². The maximum absolute atomic E-state index is 12.7. The van der Waals surface area contributed by atoms with Gasteiger partial charge in [0, 0.05) is 24.3 Å². The highest BCUT2D eigenvalue weighted by Crippen LogP contribution is 2.23. The van der Waals surface area contributed by atoms with Gasteiger partial charge < -0.3 is 9.73 Å². The zero-order valence-corrected chi connectivity index (χ0v) is 19.2. The van der Waals surface area contributed by atoms with Gasteiger partial charge in [0.15, 0.2) is 0 Å². The highest BCUT2D eigenvalue weighted by Gasteiger charge is 2.27. The van der Waals surface area contributed by atoms with Crippen molar-refractivity contribution in [2.24, 2.45) is 0 Å². The highest BCUT2D eigenvalue weighted by molar-refractivity contribution is 7.89. The number of amides is 1. The highest BCUT2D eigenvalue weighted by atomic mass is 32.2. The van der Waals surface area contributed by atoms with E-state index in [0.717, 1.165) is 12.8 Å². The zero-order chi connectivity index (χ0) is 23.5. The molecule has 2 N–H and O–H groups in total. The number of hydrogen-bond donors (Lipinski definition) is 2. The quantitative estimate of drug-likeness (QED) is 0.501. The minimum absolute atomic E-state index is 0.00399. The van der Waals surface area contributed by atoms with Gasteiger partial charge in [-0.15, -0.1) is 0 Å². The Labute approximate surface area is 192 Å². The summed E-state index contributed by atoms with van der Waals surface area (Å²) in [5, 5.41) is 2.66. The molecule has 0 saturated carbocycles. The van der Waals surface area contributed by atoms with Crippen LogP contribution in [-0.2, 0) is 26.6 Å². The number of carbonyl (C=O) groups excluding carboxylic acids is 1. The van der Waals surface area contributed by atoms with Crippen molar-refractivity contribution < 1.29 is 26.0 Å². The molecule has 3 aromatic rings. The Balaban J connectivity index is 1.44. The van der Waals surface area contributed by atoms with Gasteiger partial charge in [0.1, 0.15) is 5.76 Å². The van der Waals surface area contributed by atoms with E-state index in [0.29, 0.717) is 24.5 Å². The van der Waals surface area contributed by atoms with Crippen LogP contribution >= 0.6 is 0 Å². The van der Waals surface area contributed by atoms with Crippen molar-refractivity contribution in [3.05, 3.63) is 78.3 Å². The van der Waals surface area contributed by atoms with Crippen molar-refractivity contribution in [2.75, 3.05) is 18.4 Å². The number of nitrogens with one attached hydrogen (secondary N) is 2. The van der Waals surface area contributed by atoms with E-state index >= 15 is 0 Å². The first-order valence-corrected chi connectivity index (χ1v) is 13.2. The molecule has 1 aliphatic rings. The van der Waals surface area contributed by atoms with Gasteiger partial charge in [0.25, 0.3) is 5.91 Å². The van der Waals surface area contributed by atoms with Gasteiger partial charge in [-0.1, -0.05) is 6.07 Å². The molecule has 2 aromatic carbocycles. The van der Waals surface area contributed by atoms with Crippen molar-refractivity contribution in [1.82, 2.24) is 9.03 Å². The van der Waals surface area contributed by atoms with Crippen LogP contribution in [0.15, 0.2) is 81.1 Å². The van der Waals surface area contributed by atoms with E-state index in [2.05, 4.69) is 10.0 Å². The van der Waals surface area contributed by atoms with Gasteiger partial charge >= 0.3 is 0 Å². The molecule has 0 unspecified atom stereocenters. The first-order valence-electron chi connectivity index (χ1n) is 10.3. The largest absolute Gasteiger partial charge is 0.468 e. The molecule has 0 aliphatic carbocycles. The van der Waals surface area contributed by atoms with E-state index in [1.54, 1.807) is 24.3 Å². The molecule has 0 radical (unpaired) electrons. The van der Waals surface area contributed by atoms with Gasteiger partial charge in [0.2, 0.25) is 20.0 Å². The number of carbonyl (C=O) groups is 1. The smallest absolute Gasteiger partial charge is 0.255 e. The number of rotatable bonds is 8. The number of anilines is 1. The van der Waals surface area contributed by atoms with Crippen LogP contribution in [0.5, 0.6) is 0 Å². The average Bonchev–Trinajstić information content (AvgIpc) is 3.53. The SMILES string of the molecule is O=C(Nc1cccc(S(=O)(=O)N2CCCC2)c1)c1ccc(S(=O)(=O)NCc2ccco2)cc1. The second kappa shape index (κ2) is 9.48. The fourth-order valence-corrected chi connectivity index (χ4v) is 6.02. The van der Waals surface area contributed by atoms with Gasteiger partial charge in [-0.25, -0.2) is 21.6 Å². The number of hydrogen-bond acceptors (Lipinski definition) is 6. The first-order chi connectivity index (χ1) is 15.8. The predicted molar refractivity (Wildman–Crippen MR) is 122 cm³/mol. The molecule has 4 rings (SSSR count). The number of furan rings is 1. The molecule has 1 fully saturated rings. The number of nitrogens with zero attached hydrogens (tertiary/aromatic N) is 1. The molecule has 0 spiro atoms. The van der Waals surface area contributed by atoms with Gasteiger partial charge in [-0.3, -0.25) is 4.79 Å². The van der Waals surface area contributed by atoms with Crippen LogP contribution in [0.2, 0.25) is 0 Å². The van der Waals surface area contributed by atoms with Gasteiger partial charge in [-0.2, -0.15) is 4.31 Å². The summed E-state index contributed by atoms with van der Waals surface area (Å²) in [4.78, 5) is 12.7. The van der Waals surface area contributed by atoms with E-state index in [1.807, 2.05) is 0 Å². The lowest BCUT2D eigenvalue weighted by molar-refractivity contribution is 0.102. The summed E-state index contributed by atoms with van der Waals surface area (Å²) in [5.74, 6) is -0.0123. The van der Waals surface area contributed by atoms with Crippen LogP contribution in [0, 0.1) is 0 Å². The lowest BCUT2D eigenvalue weighted by Gasteiger charge is -2.16. The lowest BCUT2D eigenvalue weighted by Crippen LogP contribution is -2.27. The fourth-order valence-electron chi connectivity index (χ4n) is 3.46. The fraction of sp³-hybridized carbons (Fsp3) is 0.227. The molecule has 11 heteroatoms. The molecular formula is C22H23N3O6S2. The summed E-state index contributed by atoms with van der Waals surface area (Å²) < 4.78 is 59.3. The summed E-state index contributed by atoms with van der Waals surface area (Å²) in [5.41, 5.74) is 0.560. The first kappa shape index (κ1) is 23.2. The standard InChI is InChI=1S/C22H23N3O6S2/c26-22(24-18-5-3-7-21(15-18)33(29,30)25-12-1-2-13-25)17-8-10-20(11-9-17)32(27,28)23-16-19-6-4-14-31-19/h3-11,14-15,23H,1-2,12-13,16H2,(H,24,26). The van der Waals surface area contributed by atoms with Crippen molar-refractivity contribution in [3.63, 3.8) is 0 Å². The van der Waals surface area contributed by atoms with Crippen LogP contribution in [0.4, 0.5) is 5.69 Å². The summed E-state index contributed by atoms with van der Waals surface area (Å²) in [6, 6.07) is 14.8. The zero-order valence-electron chi connectivity index (χ0n) is 17.6. The molecule has 1 aliphatic heterocycles. The molecule has 1 amide bonds. The molecule has 0 atom stereocenters. The summed E-state index contributed by atoms with van der Waals surface area (Å²) in [6.07, 6.45) is 3.12.